The molecule has 0 unspecified atom stereocenters. The van der Waals surface area contributed by atoms with E-state index in [-0.39, 0.29) is 5.82 Å². The third-order valence-corrected chi connectivity index (χ3v) is 4.46. The molecule has 0 fully saturated rings. The Morgan fingerprint density at radius 2 is 1.79 bits per heavy atom. The van der Waals surface area contributed by atoms with E-state index in [1.54, 1.807) is 23.0 Å². The van der Waals surface area contributed by atoms with Crippen LogP contribution >= 0.6 is 0 Å². The molecule has 2 aromatic carbocycles. The van der Waals surface area contributed by atoms with Gasteiger partial charge >= 0.3 is 0 Å². The number of hydrogen-bond donors (Lipinski definition) is 1. The van der Waals surface area contributed by atoms with Gasteiger partial charge in [-0.25, -0.2) is 19.0 Å². The molecule has 0 aliphatic carbocycles. The average Bonchev–Trinajstić information content (AvgIpc) is 3.11. The molecular weight excluding hydrogens is 353 g/mol. The fourth-order valence-corrected chi connectivity index (χ4v) is 2.99. The summed E-state index contributed by atoms with van der Waals surface area (Å²) in [5.41, 5.74) is 4.62. The second-order valence-corrected chi connectivity index (χ2v) is 6.48. The summed E-state index contributed by atoms with van der Waals surface area (Å²) in [6.07, 6.45) is 4.54. The molecule has 0 radical (unpaired) electrons. The van der Waals surface area contributed by atoms with Crippen LogP contribution in [-0.2, 0) is 6.42 Å². The minimum Gasteiger partial charge on any atom is -0.354 e. The predicted molar refractivity (Wildman–Crippen MR) is 108 cm³/mol. The van der Waals surface area contributed by atoms with Gasteiger partial charge in [0.25, 0.3) is 0 Å². The highest BCUT2D eigenvalue weighted by atomic mass is 19.1. The van der Waals surface area contributed by atoms with Crippen LogP contribution in [0.2, 0.25) is 0 Å². The number of nitrogens with zero attached hydrogens (tertiary/aromatic N) is 4. The van der Waals surface area contributed by atoms with Gasteiger partial charge in [-0.05, 0) is 49.2 Å². The number of nitrogens with one attached hydrogen (secondary N) is 1. The van der Waals surface area contributed by atoms with Gasteiger partial charge in [0.15, 0.2) is 0 Å². The number of benzene rings is 2. The molecular formula is C22H20FN5. The lowest BCUT2D eigenvalue weighted by atomic mass is 10.1. The highest BCUT2D eigenvalue weighted by Crippen LogP contribution is 2.23. The molecule has 0 saturated carbocycles. The van der Waals surface area contributed by atoms with E-state index in [0.717, 1.165) is 35.6 Å². The summed E-state index contributed by atoms with van der Waals surface area (Å²) in [6, 6.07) is 18.4. The van der Waals surface area contributed by atoms with Gasteiger partial charge in [0.1, 0.15) is 5.82 Å². The highest BCUT2D eigenvalue weighted by molar-refractivity contribution is 5.62. The van der Waals surface area contributed by atoms with Crippen molar-refractivity contribution in [3.8, 4) is 16.9 Å². The first-order valence-corrected chi connectivity index (χ1v) is 9.12. The van der Waals surface area contributed by atoms with Crippen LogP contribution < -0.4 is 5.32 Å². The summed E-state index contributed by atoms with van der Waals surface area (Å²) in [5, 5.41) is 7.81. The van der Waals surface area contributed by atoms with Crippen LogP contribution in [-0.4, -0.2) is 26.3 Å². The molecule has 4 aromatic rings. The van der Waals surface area contributed by atoms with E-state index in [9.17, 15) is 4.39 Å². The number of hydrogen-bond acceptors (Lipinski definition) is 4. The lowest BCUT2D eigenvalue weighted by Crippen LogP contribution is -2.08. The van der Waals surface area contributed by atoms with Gasteiger partial charge in [0.05, 0.1) is 17.1 Å². The van der Waals surface area contributed by atoms with Crippen LogP contribution in [0, 0.1) is 12.7 Å². The summed E-state index contributed by atoms with van der Waals surface area (Å²) in [7, 11) is 0. The monoisotopic (exact) mass is 373 g/mol. The Morgan fingerprint density at radius 1 is 1.00 bits per heavy atom. The average molecular weight is 373 g/mol. The maximum atomic E-state index is 13.2. The number of halogens is 1. The molecule has 2 aromatic heterocycles. The Labute approximate surface area is 162 Å². The van der Waals surface area contributed by atoms with Gasteiger partial charge in [-0.2, -0.15) is 5.10 Å². The lowest BCUT2D eigenvalue weighted by molar-refractivity contribution is 0.627. The van der Waals surface area contributed by atoms with Gasteiger partial charge in [0, 0.05) is 24.5 Å². The van der Waals surface area contributed by atoms with E-state index in [4.69, 9.17) is 0 Å². The Bertz CT molecular complexity index is 1060. The fraction of sp³-hybridized carbons (Fsp3) is 0.136. The zero-order valence-corrected chi connectivity index (χ0v) is 15.5. The molecule has 0 aliphatic heterocycles. The van der Waals surface area contributed by atoms with Gasteiger partial charge in [-0.3, -0.25) is 0 Å². The number of rotatable bonds is 6. The van der Waals surface area contributed by atoms with Crippen molar-refractivity contribution in [3.05, 3.63) is 90.1 Å². The molecule has 0 bridgehead atoms. The lowest BCUT2D eigenvalue weighted by Gasteiger charge is -2.06. The maximum absolute atomic E-state index is 13.2. The van der Waals surface area contributed by atoms with E-state index < -0.39 is 0 Å². The quantitative estimate of drug-likeness (QED) is 0.543. The third-order valence-electron chi connectivity index (χ3n) is 4.46. The molecule has 0 aliphatic rings. The van der Waals surface area contributed by atoms with E-state index in [2.05, 4.69) is 32.5 Å². The molecule has 0 atom stereocenters. The summed E-state index contributed by atoms with van der Waals surface area (Å²) in [6.45, 7) is 2.68. The topological polar surface area (TPSA) is 55.6 Å². The zero-order valence-electron chi connectivity index (χ0n) is 15.5. The minimum absolute atomic E-state index is 0.269. The number of aryl methyl sites for hydroxylation is 1. The molecule has 2 heterocycles. The molecule has 0 spiro atoms. The Balaban J connectivity index is 1.50. The minimum atomic E-state index is -0.269. The number of anilines is 1. The van der Waals surface area contributed by atoms with Crippen LogP contribution in [0.1, 0.15) is 11.3 Å². The second kappa shape index (κ2) is 8.00. The predicted octanol–water partition coefficient (Wildman–Crippen LogP) is 4.43. The standard InChI is InChI=1S/C22H20FN5/c1-16-20(15-28(27-16)19-9-7-18(23)8-10-19)21-12-14-25-22(26-21)24-13-11-17-5-3-2-4-6-17/h2-10,12,14-15H,11,13H2,1H3,(H,24,25,26). The molecule has 28 heavy (non-hydrogen) atoms. The SMILES string of the molecule is Cc1nn(-c2ccc(F)cc2)cc1-c1ccnc(NCCc2ccccc2)n1. The van der Waals surface area contributed by atoms with Crippen LogP contribution in [0.25, 0.3) is 16.9 Å². The first kappa shape index (κ1) is 17.9. The second-order valence-electron chi connectivity index (χ2n) is 6.48. The Hall–Kier alpha value is -3.54. The largest absolute Gasteiger partial charge is 0.354 e. The Morgan fingerprint density at radius 3 is 2.57 bits per heavy atom. The van der Waals surface area contributed by atoms with Crippen LogP contribution in [0.4, 0.5) is 10.3 Å². The van der Waals surface area contributed by atoms with Crippen molar-refractivity contribution >= 4 is 5.95 Å². The van der Waals surface area contributed by atoms with Gasteiger partial charge in [0.2, 0.25) is 5.95 Å². The van der Waals surface area contributed by atoms with Gasteiger partial charge in [-0.1, -0.05) is 30.3 Å². The molecule has 0 amide bonds. The van der Waals surface area contributed by atoms with Gasteiger partial charge < -0.3 is 5.32 Å². The summed E-state index contributed by atoms with van der Waals surface area (Å²) >= 11 is 0. The summed E-state index contributed by atoms with van der Waals surface area (Å²) in [4.78, 5) is 8.93. The highest BCUT2D eigenvalue weighted by Gasteiger charge is 2.11. The fourth-order valence-electron chi connectivity index (χ4n) is 2.99. The van der Waals surface area contributed by atoms with E-state index in [1.807, 2.05) is 37.4 Å². The normalized spacial score (nSPS) is 10.8. The van der Waals surface area contributed by atoms with Crippen LogP contribution in [0.5, 0.6) is 0 Å². The van der Waals surface area contributed by atoms with Crippen molar-refractivity contribution in [3.63, 3.8) is 0 Å². The van der Waals surface area contributed by atoms with Crippen molar-refractivity contribution in [2.24, 2.45) is 0 Å². The molecule has 6 heteroatoms. The van der Waals surface area contributed by atoms with E-state index in [0.29, 0.717) is 5.95 Å². The molecule has 4 rings (SSSR count). The Kier molecular flexibility index (Phi) is 5.10. The first-order chi connectivity index (χ1) is 13.7. The first-order valence-electron chi connectivity index (χ1n) is 9.12. The van der Waals surface area contributed by atoms with Crippen molar-refractivity contribution in [2.75, 3.05) is 11.9 Å². The zero-order chi connectivity index (χ0) is 19.3. The van der Waals surface area contributed by atoms with Crippen molar-refractivity contribution in [1.82, 2.24) is 19.7 Å². The molecule has 0 saturated heterocycles. The van der Waals surface area contributed by atoms with Crippen molar-refractivity contribution < 1.29 is 4.39 Å². The van der Waals surface area contributed by atoms with E-state index >= 15 is 0 Å². The number of aromatic nitrogens is 4. The summed E-state index contributed by atoms with van der Waals surface area (Å²) < 4.78 is 14.9. The van der Waals surface area contributed by atoms with Crippen LogP contribution in [0.15, 0.2) is 73.1 Å². The maximum Gasteiger partial charge on any atom is 0.223 e. The smallest absolute Gasteiger partial charge is 0.223 e. The third kappa shape index (κ3) is 4.06. The molecule has 140 valence electrons. The van der Waals surface area contributed by atoms with Crippen LogP contribution in [0.3, 0.4) is 0 Å². The van der Waals surface area contributed by atoms with Crippen molar-refractivity contribution in [2.45, 2.75) is 13.3 Å². The van der Waals surface area contributed by atoms with E-state index in [1.165, 1.54) is 17.7 Å². The molecule has 1 N–H and O–H groups in total. The van der Waals surface area contributed by atoms with Crippen molar-refractivity contribution in [1.29, 1.82) is 0 Å². The van der Waals surface area contributed by atoms with Gasteiger partial charge in [-0.15, -0.1) is 0 Å². The summed E-state index contributed by atoms with van der Waals surface area (Å²) in [5.74, 6) is 0.317. The molecule has 5 nitrogen and oxygen atoms in total.